The molecule has 0 aliphatic heterocycles. The molecule has 0 radical (unpaired) electrons. The number of methoxy groups -OCH3 is 2. The van der Waals surface area contributed by atoms with Gasteiger partial charge in [0.15, 0.2) is 14.7 Å². The van der Waals surface area contributed by atoms with Crippen molar-refractivity contribution >= 4 is 33.4 Å². The topological polar surface area (TPSA) is 66.2 Å². The fraction of sp³-hybridized carbons (Fsp3) is 0.421. The molecule has 28 heavy (non-hydrogen) atoms. The summed E-state index contributed by atoms with van der Waals surface area (Å²) in [6, 6.07) is 5.43. The Labute approximate surface area is 169 Å². The minimum Gasteiger partial charge on any atom is -0.497 e. The van der Waals surface area contributed by atoms with E-state index in [9.17, 15) is 9.18 Å². The molecule has 1 fully saturated rings. The van der Waals surface area contributed by atoms with Crippen LogP contribution in [-0.4, -0.2) is 41.7 Å². The molecule has 1 aliphatic rings. The van der Waals surface area contributed by atoms with Crippen LogP contribution in [0.2, 0.25) is 0 Å². The molecule has 9 heteroatoms. The van der Waals surface area contributed by atoms with E-state index < -0.39 is 12.1 Å². The second-order valence-electron chi connectivity index (χ2n) is 6.76. The molecule has 1 aliphatic carbocycles. The Morgan fingerprint density at radius 1 is 1.29 bits per heavy atom. The zero-order valence-corrected chi connectivity index (χ0v) is 17.5. The Hall–Kier alpha value is -2.13. The second kappa shape index (κ2) is 7.36. The van der Waals surface area contributed by atoms with Crippen LogP contribution in [0.5, 0.6) is 11.5 Å². The van der Waals surface area contributed by atoms with Gasteiger partial charge in [-0.2, -0.15) is 0 Å². The maximum Gasteiger partial charge on any atom is 0.281 e. The van der Waals surface area contributed by atoms with E-state index in [-0.39, 0.29) is 12.1 Å². The van der Waals surface area contributed by atoms with Crippen LogP contribution in [0.4, 0.5) is 4.39 Å². The molecule has 0 saturated heterocycles. The number of hydrogen-bond donors (Lipinski definition) is 0. The average molecular weight is 422 g/mol. The van der Waals surface area contributed by atoms with Crippen LogP contribution < -0.4 is 15.0 Å². The van der Waals surface area contributed by atoms with Crippen LogP contribution >= 0.6 is 23.1 Å². The summed E-state index contributed by atoms with van der Waals surface area (Å²) in [7, 11) is 3.15. The van der Waals surface area contributed by atoms with Gasteiger partial charge in [-0.05, 0) is 31.2 Å². The highest BCUT2D eigenvalue weighted by molar-refractivity contribution is 8.00. The molecule has 0 atom stereocenters. The standard InChI is InChI=1S/C19H20FN3O3S2/c1-25-12-5-4-11(13(8-12)26-2)9-23-16(24)14-15(28-18(21-14)27-3)22-17(23)19(10-20)6-7-19/h4-5,8H,6-7,9-10H2,1-3H3. The van der Waals surface area contributed by atoms with E-state index >= 15 is 0 Å². The quantitative estimate of drug-likeness (QED) is 0.543. The Balaban J connectivity index is 1.89. The molecule has 0 amide bonds. The highest BCUT2D eigenvalue weighted by Crippen LogP contribution is 2.48. The predicted octanol–water partition coefficient (Wildman–Crippen LogP) is 3.64. The van der Waals surface area contributed by atoms with Gasteiger partial charge in [0.1, 0.15) is 24.0 Å². The zero-order valence-electron chi connectivity index (χ0n) is 15.8. The molecule has 0 spiro atoms. The Kier molecular flexibility index (Phi) is 5.05. The van der Waals surface area contributed by atoms with Crippen LogP contribution in [0.1, 0.15) is 24.2 Å². The van der Waals surface area contributed by atoms with E-state index in [1.54, 1.807) is 24.9 Å². The maximum absolute atomic E-state index is 13.9. The summed E-state index contributed by atoms with van der Waals surface area (Å²) < 4.78 is 26.9. The van der Waals surface area contributed by atoms with Gasteiger partial charge in [0.05, 0.1) is 26.2 Å². The summed E-state index contributed by atoms with van der Waals surface area (Å²) >= 11 is 2.84. The lowest BCUT2D eigenvalue weighted by molar-refractivity contribution is 0.383. The SMILES string of the molecule is COc1ccc(Cn2c(C3(CF)CC3)nc3sc(SC)nc3c2=O)c(OC)c1. The molecule has 0 bridgehead atoms. The van der Waals surface area contributed by atoms with Crippen molar-refractivity contribution in [2.45, 2.75) is 29.1 Å². The molecule has 2 aromatic heterocycles. The van der Waals surface area contributed by atoms with Crippen molar-refractivity contribution in [2.75, 3.05) is 27.1 Å². The summed E-state index contributed by atoms with van der Waals surface area (Å²) in [5, 5.41) is 0. The third-order valence-electron chi connectivity index (χ3n) is 5.08. The van der Waals surface area contributed by atoms with E-state index in [2.05, 4.69) is 4.98 Å². The first kappa shape index (κ1) is 19.2. The number of thioether (sulfide) groups is 1. The van der Waals surface area contributed by atoms with Crippen molar-refractivity contribution in [1.29, 1.82) is 0 Å². The number of aromatic nitrogens is 3. The van der Waals surface area contributed by atoms with Gasteiger partial charge in [-0.15, -0.1) is 0 Å². The number of alkyl halides is 1. The van der Waals surface area contributed by atoms with Crippen molar-refractivity contribution < 1.29 is 13.9 Å². The van der Waals surface area contributed by atoms with E-state index in [4.69, 9.17) is 14.5 Å². The normalized spacial score (nSPS) is 15.0. The Morgan fingerprint density at radius 2 is 2.07 bits per heavy atom. The second-order valence-corrected chi connectivity index (χ2v) is 8.79. The van der Waals surface area contributed by atoms with Crippen molar-refractivity contribution in [2.24, 2.45) is 0 Å². The lowest BCUT2D eigenvalue weighted by atomic mass is 10.1. The Bertz CT molecular complexity index is 1090. The van der Waals surface area contributed by atoms with Gasteiger partial charge >= 0.3 is 0 Å². The van der Waals surface area contributed by atoms with Gasteiger partial charge < -0.3 is 9.47 Å². The largest absolute Gasteiger partial charge is 0.497 e. The minimum absolute atomic E-state index is 0.234. The molecular weight excluding hydrogens is 401 g/mol. The number of thiazole rings is 1. The van der Waals surface area contributed by atoms with E-state index in [1.165, 1.54) is 23.1 Å². The molecule has 0 N–H and O–H groups in total. The number of fused-ring (bicyclic) bond motifs is 1. The van der Waals surface area contributed by atoms with Gasteiger partial charge in [0.25, 0.3) is 5.56 Å². The number of ether oxygens (including phenoxy) is 2. The van der Waals surface area contributed by atoms with Gasteiger partial charge in [-0.1, -0.05) is 23.1 Å². The first-order valence-electron chi connectivity index (χ1n) is 8.78. The molecular formula is C19H20FN3O3S2. The first-order chi connectivity index (χ1) is 13.5. The number of hydrogen-bond acceptors (Lipinski definition) is 7. The third-order valence-corrected chi connectivity index (χ3v) is 7.02. The van der Waals surface area contributed by atoms with Crippen molar-refractivity contribution in [3.05, 3.63) is 39.9 Å². The van der Waals surface area contributed by atoms with Crippen LogP contribution in [-0.2, 0) is 12.0 Å². The van der Waals surface area contributed by atoms with Crippen molar-refractivity contribution in [1.82, 2.24) is 14.5 Å². The van der Waals surface area contributed by atoms with Crippen molar-refractivity contribution in [3.63, 3.8) is 0 Å². The van der Waals surface area contributed by atoms with Crippen LogP contribution in [0.25, 0.3) is 10.3 Å². The smallest absolute Gasteiger partial charge is 0.281 e. The van der Waals surface area contributed by atoms with Gasteiger partial charge in [0.2, 0.25) is 0 Å². The fourth-order valence-electron chi connectivity index (χ4n) is 3.25. The number of benzene rings is 1. The maximum atomic E-state index is 13.9. The zero-order chi connectivity index (χ0) is 19.9. The van der Waals surface area contributed by atoms with E-state index in [0.717, 1.165) is 9.90 Å². The molecule has 148 valence electrons. The molecule has 0 unspecified atom stereocenters. The highest BCUT2D eigenvalue weighted by atomic mass is 32.2. The van der Waals surface area contributed by atoms with Gasteiger partial charge in [0, 0.05) is 11.6 Å². The minimum atomic E-state index is -0.670. The average Bonchev–Trinajstić information content (AvgIpc) is 3.41. The molecule has 4 rings (SSSR count). The molecule has 3 aromatic rings. The summed E-state index contributed by atoms with van der Waals surface area (Å²) in [4.78, 5) is 22.9. The fourth-order valence-corrected chi connectivity index (χ4v) is 4.66. The predicted molar refractivity (Wildman–Crippen MR) is 109 cm³/mol. The van der Waals surface area contributed by atoms with Crippen LogP contribution in [0.15, 0.2) is 27.3 Å². The van der Waals surface area contributed by atoms with E-state index in [0.29, 0.717) is 40.5 Å². The number of rotatable bonds is 7. The van der Waals surface area contributed by atoms with Crippen LogP contribution in [0, 0.1) is 0 Å². The highest BCUT2D eigenvalue weighted by Gasteiger charge is 2.48. The number of nitrogens with zero attached hydrogens (tertiary/aromatic N) is 3. The number of halogens is 1. The van der Waals surface area contributed by atoms with Crippen molar-refractivity contribution in [3.8, 4) is 11.5 Å². The summed E-state index contributed by atoms with van der Waals surface area (Å²) in [5.41, 5.74) is 0.216. The van der Waals surface area contributed by atoms with Gasteiger partial charge in [-0.25, -0.2) is 14.4 Å². The van der Waals surface area contributed by atoms with Crippen LogP contribution in [0.3, 0.4) is 0 Å². The first-order valence-corrected chi connectivity index (χ1v) is 10.8. The lowest BCUT2D eigenvalue weighted by Gasteiger charge is -2.19. The summed E-state index contributed by atoms with van der Waals surface area (Å²) in [5.74, 6) is 1.76. The lowest BCUT2D eigenvalue weighted by Crippen LogP contribution is -2.31. The molecule has 6 nitrogen and oxygen atoms in total. The summed E-state index contributed by atoms with van der Waals surface area (Å²) in [6.45, 7) is -0.295. The van der Waals surface area contributed by atoms with Gasteiger partial charge in [-0.3, -0.25) is 9.36 Å². The van der Waals surface area contributed by atoms with E-state index in [1.807, 2.05) is 18.4 Å². The third kappa shape index (κ3) is 3.16. The molecule has 1 aromatic carbocycles. The molecule has 1 saturated carbocycles. The monoisotopic (exact) mass is 421 g/mol. The summed E-state index contributed by atoms with van der Waals surface area (Å²) in [6.07, 6.45) is 3.29. The molecule has 2 heterocycles. The Morgan fingerprint density at radius 3 is 2.68 bits per heavy atom.